The Labute approximate surface area is 141 Å². The summed E-state index contributed by atoms with van der Waals surface area (Å²) in [6.45, 7) is 4.12. The molecule has 0 amide bonds. The highest BCUT2D eigenvalue weighted by Crippen LogP contribution is 2.16. The third-order valence-corrected chi connectivity index (χ3v) is 3.42. The molecule has 0 aliphatic carbocycles. The van der Waals surface area contributed by atoms with Crippen LogP contribution in [0.4, 0.5) is 0 Å². The minimum Gasteiger partial charge on any atom is -0.462 e. The van der Waals surface area contributed by atoms with Crippen molar-refractivity contribution >= 4 is 11.9 Å². The van der Waals surface area contributed by atoms with Crippen LogP contribution < -0.4 is 0 Å². The van der Waals surface area contributed by atoms with E-state index in [9.17, 15) is 9.59 Å². The molecular formula is C19H20O5. The number of rotatable bonds is 7. The Morgan fingerprint density at radius 1 is 0.958 bits per heavy atom. The average molecular weight is 328 g/mol. The largest absolute Gasteiger partial charge is 0.462 e. The molecule has 24 heavy (non-hydrogen) atoms. The minimum atomic E-state index is -0.585. The van der Waals surface area contributed by atoms with Crippen molar-refractivity contribution in [3.63, 3.8) is 0 Å². The van der Waals surface area contributed by atoms with Crippen LogP contribution in [0.15, 0.2) is 48.5 Å². The number of ether oxygens (including phenoxy) is 1. The lowest BCUT2D eigenvalue weighted by Crippen LogP contribution is -2.11. The van der Waals surface area contributed by atoms with Gasteiger partial charge in [0.05, 0.1) is 17.7 Å². The Hall–Kier alpha value is -2.66. The minimum absolute atomic E-state index is 0.176. The van der Waals surface area contributed by atoms with Crippen LogP contribution in [0.2, 0.25) is 0 Å². The Morgan fingerprint density at radius 3 is 2.38 bits per heavy atom. The first kappa shape index (κ1) is 17.7. The molecule has 2 aromatic rings. The maximum atomic E-state index is 12.2. The van der Waals surface area contributed by atoms with Crippen molar-refractivity contribution < 1.29 is 24.1 Å². The zero-order valence-electron chi connectivity index (χ0n) is 13.8. The third-order valence-electron chi connectivity index (χ3n) is 3.42. The van der Waals surface area contributed by atoms with Crippen molar-refractivity contribution in [3.8, 4) is 0 Å². The molecule has 0 atom stereocenters. The maximum Gasteiger partial charge on any atom is 0.373 e. The van der Waals surface area contributed by atoms with E-state index < -0.39 is 11.9 Å². The van der Waals surface area contributed by atoms with Crippen molar-refractivity contribution in [3.05, 3.63) is 70.8 Å². The Morgan fingerprint density at radius 2 is 1.71 bits per heavy atom. The summed E-state index contributed by atoms with van der Waals surface area (Å²) in [5, 5.41) is 0. The quantitative estimate of drug-likeness (QED) is 0.440. The molecule has 0 saturated heterocycles. The van der Waals surface area contributed by atoms with E-state index in [4.69, 9.17) is 14.5 Å². The van der Waals surface area contributed by atoms with Crippen LogP contribution in [0.1, 0.15) is 45.7 Å². The molecule has 5 heteroatoms. The number of hydrogen-bond donors (Lipinski definition) is 0. The zero-order valence-corrected chi connectivity index (χ0v) is 13.8. The fourth-order valence-corrected chi connectivity index (χ4v) is 2.20. The molecule has 0 saturated carbocycles. The summed E-state index contributed by atoms with van der Waals surface area (Å²) >= 11 is 0. The molecule has 0 bridgehead atoms. The summed E-state index contributed by atoms with van der Waals surface area (Å²) in [6.07, 6.45) is 0.580. The van der Waals surface area contributed by atoms with E-state index in [2.05, 4.69) is 0 Å². The molecule has 0 aliphatic heterocycles. The van der Waals surface area contributed by atoms with Crippen LogP contribution in [0, 0.1) is 0 Å². The van der Waals surface area contributed by atoms with E-state index in [0.717, 1.165) is 5.56 Å². The van der Waals surface area contributed by atoms with Crippen LogP contribution in [0.25, 0.3) is 0 Å². The topological polar surface area (TPSA) is 61.8 Å². The standard InChI is InChI=1S/C19H20O5/c1-3-15-12-16(18(20)22-4-2)10-11-17(15)19(21)24-23-13-14-8-6-5-7-9-14/h5-12H,3-4,13H2,1-2H3. The number of carbonyl (C=O) groups is 2. The predicted molar refractivity (Wildman–Crippen MR) is 88.4 cm³/mol. The fraction of sp³-hybridized carbons (Fsp3) is 0.263. The highest BCUT2D eigenvalue weighted by molar-refractivity contribution is 5.94. The van der Waals surface area contributed by atoms with Crippen molar-refractivity contribution in [2.45, 2.75) is 26.9 Å². The normalized spacial score (nSPS) is 10.2. The smallest absolute Gasteiger partial charge is 0.373 e. The van der Waals surface area contributed by atoms with Gasteiger partial charge in [-0.05, 0) is 42.7 Å². The number of carbonyl (C=O) groups excluding carboxylic acids is 2. The maximum absolute atomic E-state index is 12.2. The molecule has 0 heterocycles. The van der Waals surface area contributed by atoms with Crippen LogP contribution in [-0.2, 0) is 27.5 Å². The molecule has 2 rings (SSSR count). The van der Waals surface area contributed by atoms with Gasteiger partial charge in [0.1, 0.15) is 6.61 Å². The lowest BCUT2D eigenvalue weighted by molar-refractivity contribution is -0.250. The Bertz CT molecular complexity index is 694. The SMILES string of the molecule is CCOC(=O)c1ccc(C(=O)OOCc2ccccc2)c(CC)c1. The van der Waals surface area contributed by atoms with Gasteiger partial charge in [0, 0.05) is 0 Å². The van der Waals surface area contributed by atoms with Gasteiger partial charge in [-0.25, -0.2) is 9.59 Å². The van der Waals surface area contributed by atoms with Crippen molar-refractivity contribution in [2.24, 2.45) is 0 Å². The highest BCUT2D eigenvalue weighted by atomic mass is 17.2. The van der Waals surface area contributed by atoms with Gasteiger partial charge < -0.3 is 4.74 Å². The number of benzene rings is 2. The van der Waals surface area contributed by atoms with Gasteiger partial charge in [0.2, 0.25) is 0 Å². The second kappa shape index (κ2) is 8.84. The summed E-state index contributed by atoms with van der Waals surface area (Å²) in [4.78, 5) is 33.8. The van der Waals surface area contributed by atoms with Gasteiger partial charge in [-0.2, -0.15) is 4.89 Å². The molecule has 0 unspecified atom stereocenters. The molecule has 0 radical (unpaired) electrons. The molecule has 0 aromatic heterocycles. The molecule has 0 N–H and O–H groups in total. The monoisotopic (exact) mass is 328 g/mol. The number of aryl methyl sites for hydroxylation is 1. The second-order valence-corrected chi connectivity index (χ2v) is 5.06. The Balaban J connectivity index is 2.01. The van der Waals surface area contributed by atoms with E-state index >= 15 is 0 Å². The van der Waals surface area contributed by atoms with E-state index in [0.29, 0.717) is 29.7 Å². The molecule has 126 valence electrons. The zero-order chi connectivity index (χ0) is 17.4. The van der Waals surface area contributed by atoms with E-state index in [1.807, 2.05) is 37.3 Å². The van der Waals surface area contributed by atoms with Crippen LogP contribution in [0.5, 0.6) is 0 Å². The van der Waals surface area contributed by atoms with Gasteiger partial charge in [0.15, 0.2) is 0 Å². The molecule has 0 fully saturated rings. The average Bonchev–Trinajstić information content (AvgIpc) is 2.62. The van der Waals surface area contributed by atoms with Crippen LogP contribution in [0.3, 0.4) is 0 Å². The van der Waals surface area contributed by atoms with Crippen molar-refractivity contribution in [1.29, 1.82) is 0 Å². The molecular weight excluding hydrogens is 308 g/mol. The van der Waals surface area contributed by atoms with Crippen LogP contribution >= 0.6 is 0 Å². The number of esters is 1. The predicted octanol–water partition coefficient (Wildman–Crippen LogP) is 3.71. The van der Waals surface area contributed by atoms with Gasteiger partial charge >= 0.3 is 11.9 Å². The molecule has 0 spiro atoms. The van der Waals surface area contributed by atoms with Crippen LogP contribution in [-0.4, -0.2) is 18.5 Å². The molecule has 2 aromatic carbocycles. The lowest BCUT2D eigenvalue weighted by Gasteiger charge is -2.09. The fourth-order valence-electron chi connectivity index (χ4n) is 2.20. The summed E-state index contributed by atoms with van der Waals surface area (Å²) in [7, 11) is 0. The van der Waals surface area contributed by atoms with E-state index in [1.54, 1.807) is 25.1 Å². The first-order valence-corrected chi connectivity index (χ1v) is 7.83. The molecule has 0 aliphatic rings. The molecule has 5 nitrogen and oxygen atoms in total. The van der Waals surface area contributed by atoms with Gasteiger partial charge in [0.25, 0.3) is 0 Å². The first-order valence-electron chi connectivity index (χ1n) is 7.83. The first-order chi connectivity index (χ1) is 11.7. The summed E-state index contributed by atoms with van der Waals surface area (Å²) in [5.74, 6) is -0.995. The van der Waals surface area contributed by atoms with Gasteiger partial charge in [-0.3, -0.25) is 4.89 Å². The summed E-state index contributed by atoms with van der Waals surface area (Å²) in [6, 6.07) is 14.1. The summed E-state index contributed by atoms with van der Waals surface area (Å²) < 4.78 is 4.96. The van der Waals surface area contributed by atoms with E-state index in [-0.39, 0.29) is 6.61 Å². The second-order valence-electron chi connectivity index (χ2n) is 5.06. The number of hydrogen-bond acceptors (Lipinski definition) is 5. The van der Waals surface area contributed by atoms with E-state index in [1.165, 1.54) is 0 Å². The van der Waals surface area contributed by atoms with Crippen molar-refractivity contribution in [1.82, 2.24) is 0 Å². The van der Waals surface area contributed by atoms with Gasteiger partial charge in [-0.15, -0.1) is 0 Å². The summed E-state index contributed by atoms with van der Waals surface area (Å²) in [5.41, 5.74) is 2.39. The highest BCUT2D eigenvalue weighted by Gasteiger charge is 2.16. The Kier molecular flexibility index (Phi) is 6.51. The lowest BCUT2D eigenvalue weighted by atomic mass is 10.0. The van der Waals surface area contributed by atoms with Gasteiger partial charge in [-0.1, -0.05) is 37.3 Å². The van der Waals surface area contributed by atoms with Crippen molar-refractivity contribution in [2.75, 3.05) is 6.61 Å². The third kappa shape index (κ3) is 4.67.